The van der Waals surface area contributed by atoms with E-state index in [-0.39, 0.29) is 24.4 Å². The molecule has 11 nitrogen and oxygen atoms in total. The Kier molecular flexibility index (Phi) is 7.33. The molecule has 2 aromatic carbocycles. The molecule has 2 aromatic heterocycles. The van der Waals surface area contributed by atoms with Crippen LogP contribution in [0.15, 0.2) is 48.5 Å². The Labute approximate surface area is 207 Å². The van der Waals surface area contributed by atoms with Crippen LogP contribution in [0.4, 0.5) is 5.95 Å². The number of rotatable bonds is 9. The Balaban J connectivity index is 1.51. The van der Waals surface area contributed by atoms with Crippen molar-refractivity contribution in [2.75, 3.05) is 11.9 Å². The maximum Gasteiger partial charge on any atom is 0.356 e. The van der Waals surface area contributed by atoms with Gasteiger partial charge in [-0.05, 0) is 55.8 Å². The minimum atomic E-state index is -4.29. The number of carbonyl (C=O) groups excluding carboxylic acids is 1. The van der Waals surface area contributed by atoms with E-state index in [4.69, 9.17) is 4.74 Å². The fourth-order valence-electron chi connectivity index (χ4n) is 3.79. The number of aryl methyl sites for hydroxylation is 2. The number of fused-ring (bicyclic) bond motifs is 1. The van der Waals surface area contributed by atoms with E-state index in [1.54, 1.807) is 41.1 Å². The van der Waals surface area contributed by atoms with Crippen LogP contribution < -0.4 is 10.6 Å². The maximum absolute atomic E-state index is 13.0. The first kappa shape index (κ1) is 25.3. The molecule has 1 amide bonds. The molecule has 0 fully saturated rings. The summed E-state index contributed by atoms with van der Waals surface area (Å²) in [4.78, 5) is 36.0. The van der Waals surface area contributed by atoms with Gasteiger partial charge in [-0.2, -0.15) is 10.4 Å². The minimum Gasteiger partial charge on any atom is -0.375 e. The quantitative estimate of drug-likeness (QED) is 0.230. The van der Waals surface area contributed by atoms with Crippen LogP contribution in [0.1, 0.15) is 34.2 Å². The van der Waals surface area contributed by atoms with E-state index in [9.17, 15) is 24.4 Å². The third-order valence-corrected chi connectivity index (χ3v) is 6.51. The van der Waals surface area contributed by atoms with E-state index in [0.29, 0.717) is 35.8 Å². The zero-order chi connectivity index (χ0) is 25.9. The van der Waals surface area contributed by atoms with E-state index < -0.39 is 7.60 Å². The predicted molar refractivity (Wildman–Crippen MR) is 133 cm³/mol. The molecular weight excluding hydrogens is 483 g/mol. The summed E-state index contributed by atoms with van der Waals surface area (Å²) in [6, 6.07) is 14.9. The van der Waals surface area contributed by atoms with Gasteiger partial charge in [0.25, 0.3) is 5.91 Å². The second-order valence-corrected chi connectivity index (χ2v) is 9.71. The fraction of sp³-hybridized carbons (Fsp3) is 0.250. The van der Waals surface area contributed by atoms with Gasteiger partial charge in [0.1, 0.15) is 5.69 Å². The second kappa shape index (κ2) is 10.4. The number of carbonyl (C=O) groups is 1. The molecule has 3 N–H and O–H groups in total. The van der Waals surface area contributed by atoms with Crippen molar-refractivity contribution >= 4 is 35.8 Å². The summed E-state index contributed by atoms with van der Waals surface area (Å²) in [5, 5.41) is 16.4. The van der Waals surface area contributed by atoms with Gasteiger partial charge in [0.2, 0.25) is 5.95 Å². The number of aromatic nitrogens is 4. The van der Waals surface area contributed by atoms with Gasteiger partial charge >= 0.3 is 7.60 Å². The van der Waals surface area contributed by atoms with Gasteiger partial charge in [-0.25, -0.2) is 4.98 Å². The number of nitrogens with one attached hydrogen (secondary N) is 1. The number of nitriles is 1. The average molecular weight is 508 g/mol. The Morgan fingerprint density at radius 2 is 1.94 bits per heavy atom. The standard InChI is InChI=1S/C24H25N6O5P/c1-3-30-22(12-16(2)28-30)23(31)27-24-26-20-13-18(14-25)6-9-21(20)29(24)10-11-35-15-17-4-7-19(8-5-17)36(32,33)34/h4-9,12-13H,3,10-11,15H2,1-2H3,(H,26,27,31)(H2,32,33,34). The van der Waals surface area contributed by atoms with E-state index in [2.05, 4.69) is 21.5 Å². The van der Waals surface area contributed by atoms with E-state index in [1.807, 2.05) is 18.4 Å². The molecule has 186 valence electrons. The van der Waals surface area contributed by atoms with E-state index in [1.165, 1.54) is 12.1 Å². The van der Waals surface area contributed by atoms with Gasteiger partial charge < -0.3 is 19.1 Å². The molecule has 0 unspecified atom stereocenters. The maximum atomic E-state index is 13.0. The van der Waals surface area contributed by atoms with Gasteiger partial charge in [0.15, 0.2) is 0 Å². The number of ether oxygens (including phenoxy) is 1. The van der Waals surface area contributed by atoms with Crippen LogP contribution in [0.2, 0.25) is 0 Å². The summed E-state index contributed by atoms with van der Waals surface area (Å²) in [7, 11) is -4.29. The first-order chi connectivity index (χ1) is 17.2. The smallest absolute Gasteiger partial charge is 0.356 e. The van der Waals surface area contributed by atoms with Crippen LogP contribution in [0, 0.1) is 18.3 Å². The molecule has 0 aliphatic carbocycles. The highest BCUT2D eigenvalue weighted by molar-refractivity contribution is 7.60. The number of anilines is 1. The van der Waals surface area contributed by atoms with Crippen molar-refractivity contribution in [3.8, 4) is 6.07 Å². The van der Waals surface area contributed by atoms with Crippen molar-refractivity contribution in [3.05, 3.63) is 71.0 Å². The highest BCUT2D eigenvalue weighted by Gasteiger charge is 2.19. The van der Waals surface area contributed by atoms with Gasteiger partial charge in [-0.3, -0.25) is 19.4 Å². The molecule has 0 radical (unpaired) electrons. The van der Waals surface area contributed by atoms with Crippen molar-refractivity contribution in [3.63, 3.8) is 0 Å². The van der Waals surface area contributed by atoms with Crippen LogP contribution in [0.3, 0.4) is 0 Å². The Bertz CT molecular complexity index is 1500. The Morgan fingerprint density at radius 1 is 1.19 bits per heavy atom. The summed E-state index contributed by atoms with van der Waals surface area (Å²) in [5.41, 5.74) is 3.67. The van der Waals surface area contributed by atoms with Crippen LogP contribution in [-0.4, -0.2) is 41.6 Å². The van der Waals surface area contributed by atoms with Crippen molar-refractivity contribution in [2.24, 2.45) is 0 Å². The number of hydrogen-bond donors (Lipinski definition) is 3. The molecule has 0 atom stereocenters. The molecule has 4 rings (SSSR count). The molecule has 12 heteroatoms. The summed E-state index contributed by atoms with van der Waals surface area (Å²) >= 11 is 0. The topological polar surface area (TPSA) is 155 Å². The van der Waals surface area contributed by atoms with Gasteiger partial charge in [0, 0.05) is 13.1 Å². The largest absolute Gasteiger partial charge is 0.375 e. The van der Waals surface area contributed by atoms with Gasteiger partial charge in [0.05, 0.1) is 46.9 Å². The Hall–Kier alpha value is -3.81. The summed E-state index contributed by atoms with van der Waals surface area (Å²) in [6.45, 7) is 5.15. The molecule has 0 aliphatic rings. The van der Waals surface area contributed by atoms with Crippen molar-refractivity contribution in [1.82, 2.24) is 19.3 Å². The zero-order valence-electron chi connectivity index (χ0n) is 19.7. The molecule has 36 heavy (non-hydrogen) atoms. The summed E-state index contributed by atoms with van der Waals surface area (Å²) in [6.07, 6.45) is 0. The lowest BCUT2D eigenvalue weighted by Crippen LogP contribution is -2.20. The summed E-state index contributed by atoms with van der Waals surface area (Å²) in [5.74, 6) is -0.0261. The molecular formula is C24H25N6O5P. The molecule has 0 saturated carbocycles. The van der Waals surface area contributed by atoms with Crippen LogP contribution in [-0.2, 0) is 29.0 Å². The fourth-order valence-corrected chi connectivity index (χ4v) is 4.33. The molecule has 2 heterocycles. The Morgan fingerprint density at radius 3 is 2.61 bits per heavy atom. The molecule has 4 aromatic rings. The van der Waals surface area contributed by atoms with Crippen LogP contribution >= 0.6 is 7.60 Å². The SMILES string of the molecule is CCn1nc(C)cc1C(=O)Nc1nc2cc(C#N)ccc2n1CCOCc1ccc(P(=O)(O)O)cc1. The third kappa shape index (κ3) is 5.53. The third-order valence-electron chi connectivity index (χ3n) is 5.54. The van der Waals surface area contributed by atoms with E-state index >= 15 is 0 Å². The molecule has 0 spiro atoms. The first-order valence-corrected chi connectivity index (χ1v) is 12.8. The van der Waals surface area contributed by atoms with Gasteiger partial charge in [-0.15, -0.1) is 0 Å². The number of amides is 1. The number of nitrogens with zero attached hydrogens (tertiary/aromatic N) is 5. The van der Waals surface area contributed by atoms with Crippen molar-refractivity contribution < 1.29 is 23.9 Å². The molecule has 0 saturated heterocycles. The lowest BCUT2D eigenvalue weighted by Gasteiger charge is -2.11. The van der Waals surface area contributed by atoms with E-state index in [0.717, 1.165) is 16.8 Å². The zero-order valence-corrected chi connectivity index (χ0v) is 20.6. The monoisotopic (exact) mass is 508 g/mol. The number of benzene rings is 2. The lowest BCUT2D eigenvalue weighted by molar-refractivity contribution is 0.101. The minimum absolute atomic E-state index is 0.0483. The highest BCUT2D eigenvalue weighted by Crippen LogP contribution is 2.32. The molecule has 0 aliphatic heterocycles. The molecule has 0 bridgehead atoms. The van der Waals surface area contributed by atoms with Crippen LogP contribution in [0.5, 0.6) is 0 Å². The van der Waals surface area contributed by atoms with Gasteiger partial charge in [-0.1, -0.05) is 12.1 Å². The van der Waals surface area contributed by atoms with Crippen LogP contribution in [0.25, 0.3) is 11.0 Å². The normalized spacial score (nSPS) is 11.5. The first-order valence-electron chi connectivity index (χ1n) is 11.2. The number of hydrogen-bond acceptors (Lipinski definition) is 6. The average Bonchev–Trinajstić information content (AvgIpc) is 3.40. The van der Waals surface area contributed by atoms with Crippen molar-refractivity contribution in [2.45, 2.75) is 33.5 Å². The second-order valence-electron chi connectivity index (χ2n) is 8.11. The predicted octanol–water partition coefficient (Wildman–Crippen LogP) is 2.70. The highest BCUT2D eigenvalue weighted by atomic mass is 31.2. The lowest BCUT2D eigenvalue weighted by atomic mass is 10.2. The van der Waals surface area contributed by atoms with Crippen molar-refractivity contribution in [1.29, 1.82) is 5.26 Å². The number of imidazole rings is 1. The summed E-state index contributed by atoms with van der Waals surface area (Å²) < 4.78 is 20.5.